The van der Waals surface area contributed by atoms with Crippen LogP contribution in [-0.2, 0) is 28.9 Å². The van der Waals surface area contributed by atoms with E-state index in [-0.39, 0.29) is 11.8 Å². The van der Waals surface area contributed by atoms with Gasteiger partial charge < -0.3 is 10.4 Å². The van der Waals surface area contributed by atoms with Gasteiger partial charge in [0, 0.05) is 6.42 Å². The van der Waals surface area contributed by atoms with E-state index in [1.165, 1.54) is 36.0 Å². The second-order valence-electron chi connectivity index (χ2n) is 6.44. The summed E-state index contributed by atoms with van der Waals surface area (Å²) in [6, 6.07) is 5.81. The van der Waals surface area contributed by atoms with Crippen LogP contribution in [0.1, 0.15) is 49.8 Å². The molecule has 120 valence electrons. The van der Waals surface area contributed by atoms with Gasteiger partial charge in [0.25, 0.3) is 0 Å². The number of hydrogen-bond donors (Lipinski definition) is 2. The van der Waals surface area contributed by atoms with E-state index in [0.717, 1.165) is 12.8 Å². The number of amides is 1. The molecule has 4 nitrogen and oxygen atoms in total. The maximum absolute atomic E-state index is 11.9. The van der Waals surface area contributed by atoms with Crippen LogP contribution in [0, 0.1) is 5.92 Å². The summed E-state index contributed by atoms with van der Waals surface area (Å²) in [6.07, 6.45) is 5.57. The molecule has 2 rings (SSSR count). The lowest BCUT2D eigenvalue weighted by Gasteiger charge is -2.17. The molecule has 1 aromatic rings. The summed E-state index contributed by atoms with van der Waals surface area (Å²) >= 11 is 0. The molecular weight excluding hydrogens is 278 g/mol. The van der Waals surface area contributed by atoms with Gasteiger partial charge in [-0.15, -0.1) is 0 Å². The van der Waals surface area contributed by atoms with Crippen molar-refractivity contribution in [1.82, 2.24) is 5.32 Å². The topological polar surface area (TPSA) is 66.4 Å². The first kappa shape index (κ1) is 16.5. The van der Waals surface area contributed by atoms with Gasteiger partial charge >= 0.3 is 5.97 Å². The second kappa shape index (κ2) is 7.43. The van der Waals surface area contributed by atoms with Crippen molar-refractivity contribution in [3.63, 3.8) is 0 Å². The van der Waals surface area contributed by atoms with Gasteiger partial charge in [0.2, 0.25) is 5.91 Å². The highest BCUT2D eigenvalue weighted by Gasteiger charge is 2.22. The summed E-state index contributed by atoms with van der Waals surface area (Å²) in [6.45, 7) is 3.59. The Hall–Kier alpha value is -1.84. The molecule has 0 aliphatic heterocycles. The zero-order valence-electron chi connectivity index (χ0n) is 13.4. The van der Waals surface area contributed by atoms with E-state index in [1.807, 2.05) is 0 Å². The van der Waals surface area contributed by atoms with Crippen molar-refractivity contribution in [1.29, 1.82) is 0 Å². The Labute approximate surface area is 131 Å². The Balaban J connectivity index is 1.78. The number of nitrogens with one attached hydrogen (secondary N) is 1. The van der Waals surface area contributed by atoms with E-state index < -0.39 is 12.0 Å². The molecule has 0 heterocycles. The average Bonchev–Trinajstić information content (AvgIpc) is 2.91. The van der Waals surface area contributed by atoms with Gasteiger partial charge in [-0.3, -0.25) is 4.79 Å². The van der Waals surface area contributed by atoms with Gasteiger partial charge in [-0.2, -0.15) is 0 Å². The van der Waals surface area contributed by atoms with Crippen LogP contribution < -0.4 is 5.32 Å². The molecule has 0 fully saturated rings. The monoisotopic (exact) mass is 303 g/mol. The number of aryl methyl sites for hydroxylation is 3. The van der Waals surface area contributed by atoms with Crippen LogP contribution in [-0.4, -0.2) is 23.0 Å². The van der Waals surface area contributed by atoms with E-state index in [1.54, 1.807) is 13.8 Å². The summed E-state index contributed by atoms with van der Waals surface area (Å²) in [5.74, 6) is -1.26. The molecule has 1 amide bonds. The summed E-state index contributed by atoms with van der Waals surface area (Å²) in [7, 11) is 0. The predicted octanol–water partition coefficient (Wildman–Crippen LogP) is 2.72. The first-order valence-electron chi connectivity index (χ1n) is 8.10. The summed E-state index contributed by atoms with van der Waals surface area (Å²) < 4.78 is 0. The summed E-state index contributed by atoms with van der Waals surface area (Å²) in [4.78, 5) is 22.9. The van der Waals surface area contributed by atoms with Crippen molar-refractivity contribution in [2.75, 3.05) is 0 Å². The zero-order valence-corrected chi connectivity index (χ0v) is 13.4. The van der Waals surface area contributed by atoms with Gasteiger partial charge in [-0.25, -0.2) is 4.79 Å². The lowest BCUT2D eigenvalue weighted by Crippen LogP contribution is -2.44. The third kappa shape index (κ3) is 4.33. The maximum Gasteiger partial charge on any atom is 0.326 e. The van der Waals surface area contributed by atoms with Gasteiger partial charge in [0.15, 0.2) is 0 Å². The van der Waals surface area contributed by atoms with Crippen LogP contribution in [0.3, 0.4) is 0 Å². The molecule has 0 bridgehead atoms. The third-order valence-electron chi connectivity index (χ3n) is 4.28. The van der Waals surface area contributed by atoms with E-state index in [2.05, 4.69) is 23.5 Å². The molecule has 0 radical (unpaired) electrons. The van der Waals surface area contributed by atoms with Crippen molar-refractivity contribution in [3.05, 3.63) is 34.9 Å². The minimum absolute atomic E-state index is 0.113. The summed E-state index contributed by atoms with van der Waals surface area (Å²) in [5, 5.41) is 11.7. The van der Waals surface area contributed by atoms with Gasteiger partial charge in [0.1, 0.15) is 6.04 Å². The Kier molecular flexibility index (Phi) is 5.58. The first-order valence-corrected chi connectivity index (χ1v) is 8.10. The smallest absolute Gasteiger partial charge is 0.326 e. The van der Waals surface area contributed by atoms with E-state index in [0.29, 0.717) is 6.42 Å². The molecule has 0 saturated heterocycles. The fraction of sp³-hybridized carbons (Fsp3) is 0.556. The largest absolute Gasteiger partial charge is 0.480 e. The average molecular weight is 303 g/mol. The Morgan fingerprint density at radius 1 is 1.23 bits per heavy atom. The molecule has 2 N–H and O–H groups in total. The van der Waals surface area contributed by atoms with Gasteiger partial charge in [-0.05, 0) is 54.7 Å². The molecule has 0 aromatic heterocycles. The Morgan fingerprint density at radius 2 is 1.95 bits per heavy atom. The van der Waals surface area contributed by atoms with E-state index in [9.17, 15) is 9.59 Å². The van der Waals surface area contributed by atoms with Crippen LogP contribution >= 0.6 is 0 Å². The van der Waals surface area contributed by atoms with Gasteiger partial charge in [0.05, 0.1) is 0 Å². The second-order valence-corrected chi connectivity index (χ2v) is 6.44. The maximum atomic E-state index is 11.9. The fourth-order valence-electron chi connectivity index (χ4n) is 2.99. The number of carboxylic acid groups (broad SMARTS) is 1. The van der Waals surface area contributed by atoms with Gasteiger partial charge in [-0.1, -0.05) is 32.0 Å². The molecule has 1 atom stereocenters. The predicted molar refractivity (Wildman–Crippen MR) is 85.8 cm³/mol. The van der Waals surface area contributed by atoms with Crippen LogP contribution in [0.5, 0.6) is 0 Å². The number of aliphatic carboxylic acids is 1. The van der Waals surface area contributed by atoms with Crippen molar-refractivity contribution >= 4 is 11.9 Å². The lowest BCUT2D eigenvalue weighted by atomic mass is 10.0. The molecule has 1 aromatic carbocycles. The fourth-order valence-corrected chi connectivity index (χ4v) is 2.99. The van der Waals surface area contributed by atoms with Crippen molar-refractivity contribution in [2.24, 2.45) is 5.92 Å². The minimum Gasteiger partial charge on any atom is -0.480 e. The molecule has 1 aliphatic carbocycles. The number of carbonyl (C=O) groups excluding carboxylic acids is 1. The van der Waals surface area contributed by atoms with Crippen LogP contribution in [0.4, 0.5) is 0 Å². The molecule has 22 heavy (non-hydrogen) atoms. The number of hydrogen-bond acceptors (Lipinski definition) is 2. The number of fused-ring (bicyclic) bond motifs is 1. The van der Waals surface area contributed by atoms with E-state index in [4.69, 9.17) is 5.11 Å². The number of benzene rings is 1. The van der Waals surface area contributed by atoms with Crippen LogP contribution in [0.25, 0.3) is 0 Å². The standard InChI is InChI=1S/C18H25NO3/c1-12(2)17(18(21)22)19-16(20)8-3-5-13-9-10-14-6-4-7-15(14)11-13/h9-12,17H,3-8H2,1-2H3,(H,19,20)(H,21,22). The first-order chi connectivity index (χ1) is 10.5. The summed E-state index contributed by atoms with van der Waals surface area (Å²) in [5.41, 5.74) is 4.18. The highest BCUT2D eigenvalue weighted by molar-refractivity contribution is 5.83. The molecular formula is C18H25NO3. The highest BCUT2D eigenvalue weighted by atomic mass is 16.4. The zero-order chi connectivity index (χ0) is 16.1. The molecule has 1 aliphatic rings. The SMILES string of the molecule is CC(C)C(NC(=O)CCCc1ccc2c(c1)CCC2)C(=O)O. The number of rotatable bonds is 7. The normalized spacial score (nSPS) is 14.7. The van der Waals surface area contributed by atoms with Crippen molar-refractivity contribution in [2.45, 2.75) is 58.4 Å². The minimum atomic E-state index is -0.970. The third-order valence-corrected chi connectivity index (χ3v) is 4.28. The van der Waals surface area contributed by atoms with Crippen LogP contribution in [0.15, 0.2) is 18.2 Å². The van der Waals surface area contributed by atoms with Crippen molar-refractivity contribution in [3.8, 4) is 0 Å². The van der Waals surface area contributed by atoms with Crippen molar-refractivity contribution < 1.29 is 14.7 Å². The molecule has 4 heteroatoms. The molecule has 0 saturated carbocycles. The highest BCUT2D eigenvalue weighted by Crippen LogP contribution is 2.23. The van der Waals surface area contributed by atoms with E-state index >= 15 is 0 Å². The molecule has 1 unspecified atom stereocenters. The quantitative estimate of drug-likeness (QED) is 0.814. The number of carboxylic acids is 1. The number of carbonyl (C=O) groups is 2. The molecule has 0 spiro atoms. The lowest BCUT2D eigenvalue weighted by molar-refractivity contribution is -0.143. The van der Waals surface area contributed by atoms with Crippen LogP contribution in [0.2, 0.25) is 0 Å². The Morgan fingerprint density at radius 3 is 2.64 bits per heavy atom. The Bertz CT molecular complexity index is 551.